The zero-order valence-electron chi connectivity index (χ0n) is 11.0. The average Bonchev–Trinajstić information content (AvgIpc) is 2.34. The summed E-state index contributed by atoms with van der Waals surface area (Å²) in [5, 5.41) is 0. The summed E-state index contributed by atoms with van der Waals surface area (Å²) in [6.07, 6.45) is 9.71. The summed E-state index contributed by atoms with van der Waals surface area (Å²) in [7, 11) is 1.59. The predicted octanol–water partition coefficient (Wildman–Crippen LogP) is 2.25. The van der Waals surface area contributed by atoms with Gasteiger partial charge in [0, 0.05) is 7.11 Å². The van der Waals surface area contributed by atoms with E-state index in [0.717, 1.165) is 13.1 Å². The number of piperidine rings is 1. The quantitative estimate of drug-likeness (QED) is 0.753. The smallest absolute Gasteiger partial charge is 0.172 e. The van der Waals surface area contributed by atoms with Crippen LogP contribution in [-0.2, 0) is 9.53 Å². The number of hydrogen-bond donors (Lipinski definition) is 0. The molecule has 1 spiro atoms. The molecule has 1 heterocycles. The molecule has 0 radical (unpaired) electrons. The maximum absolute atomic E-state index is 11.5. The second-order valence-electron chi connectivity index (χ2n) is 5.81. The summed E-state index contributed by atoms with van der Waals surface area (Å²) >= 11 is 0. The lowest BCUT2D eigenvalue weighted by Crippen LogP contribution is -2.43. The van der Waals surface area contributed by atoms with Crippen molar-refractivity contribution in [1.29, 1.82) is 0 Å². The molecule has 0 bridgehead atoms. The van der Waals surface area contributed by atoms with Gasteiger partial charge in [0.25, 0.3) is 0 Å². The molecule has 3 nitrogen and oxygen atoms in total. The maximum Gasteiger partial charge on any atom is 0.172 e. The third-order valence-electron chi connectivity index (χ3n) is 4.54. The van der Waals surface area contributed by atoms with E-state index in [-0.39, 0.29) is 12.4 Å². The monoisotopic (exact) mass is 239 g/mol. The number of nitrogens with zero attached hydrogens (tertiary/aromatic N) is 1. The van der Waals surface area contributed by atoms with Gasteiger partial charge in [-0.25, -0.2) is 0 Å². The molecule has 0 aromatic carbocycles. The number of ketones is 1. The number of Topliss-reactive ketones (excluding diaryl/α,β-unsaturated/α-hetero) is 1. The molecule has 1 saturated heterocycles. The van der Waals surface area contributed by atoms with Crippen LogP contribution >= 0.6 is 0 Å². The third-order valence-corrected chi connectivity index (χ3v) is 4.54. The molecule has 0 aromatic heterocycles. The predicted molar refractivity (Wildman–Crippen MR) is 68.1 cm³/mol. The summed E-state index contributed by atoms with van der Waals surface area (Å²) in [4.78, 5) is 13.8. The largest absolute Gasteiger partial charge is 0.377 e. The Bertz CT molecular complexity index is 249. The molecule has 98 valence electrons. The minimum atomic E-state index is 0.215. The molecule has 17 heavy (non-hydrogen) atoms. The first kappa shape index (κ1) is 13.0. The molecule has 2 fully saturated rings. The number of carbonyl (C=O) groups excluding carboxylic acids is 1. The molecule has 0 aromatic rings. The van der Waals surface area contributed by atoms with Crippen molar-refractivity contribution in [2.75, 3.05) is 33.4 Å². The van der Waals surface area contributed by atoms with Crippen LogP contribution in [0.1, 0.15) is 44.9 Å². The van der Waals surface area contributed by atoms with E-state index in [9.17, 15) is 4.79 Å². The van der Waals surface area contributed by atoms with Crippen molar-refractivity contribution >= 4 is 5.78 Å². The Labute approximate surface area is 105 Å². The van der Waals surface area contributed by atoms with Crippen LogP contribution in [0.15, 0.2) is 0 Å². The van der Waals surface area contributed by atoms with Crippen molar-refractivity contribution in [3.05, 3.63) is 0 Å². The van der Waals surface area contributed by atoms with Crippen LogP contribution in [-0.4, -0.2) is 44.0 Å². The minimum absolute atomic E-state index is 0.215. The van der Waals surface area contributed by atoms with E-state index in [0.29, 0.717) is 12.0 Å². The van der Waals surface area contributed by atoms with E-state index in [2.05, 4.69) is 4.90 Å². The summed E-state index contributed by atoms with van der Waals surface area (Å²) < 4.78 is 4.88. The zero-order valence-corrected chi connectivity index (χ0v) is 11.0. The van der Waals surface area contributed by atoms with Gasteiger partial charge in [-0.1, -0.05) is 19.3 Å². The Morgan fingerprint density at radius 3 is 2.35 bits per heavy atom. The van der Waals surface area contributed by atoms with Crippen molar-refractivity contribution < 1.29 is 9.53 Å². The molecule has 0 unspecified atom stereocenters. The normalized spacial score (nSPS) is 25.0. The number of methoxy groups -OCH3 is 1. The fourth-order valence-electron chi connectivity index (χ4n) is 3.44. The second-order valence-corrected chi connectivity index (χ2v) is 5.81. The first-order valence-electron chi connectivity index (χ1n) is 6.97. The topological polar surface area (TPSA) is 29.5 Å². The molecule has 2 rings (SSSR count). The molecular formula is C14H25NO2. The number of likely N-dealkylation sites (tertiary alicyclic amines) is 1. The zero-order chi connectivity index (χ0) is 12.1. The van der Waals surface area contributed by atoms with Crippen LogP contribution in [0.25, 0.3) is 0 Å². The standard InChI is InChI=1S/C14H25NO2/c1-17-12-13(16)11-15-9-7-14(8-10-15)5-3-2-4-6-14/h2-12H2,1H3. The Kier molecular flexibility index (Phi) is 4.57. The maximum atomic E-state index is 11.5. The van der Waals surface area contributed by atoms with Crippen LogP contribution in [0.4, 0.5) is 0 Å². The first-order chi connectivity index (χ1) is 8.24. The van der Waals surface area contributed by atoms with Gasteiger partial charge in [0.05, 0.1) is 6.54 Å². The van der Waals surface area contributed by atoms with Gasteiger partial charge >= 0.3 is 0 Å². The highest BCUT2D eigenvalue weighted by atomic mass is 16.5. The van der Waals surface area contributed by atoms with Crippen molar-refractivity contribution in [3.63, 3.8) is 0 Å². The third kappa shape index (κ3) is 3.52. The van der Waals surface area contributed by atoms with Crippen molar-refractivity contribution in [3.8, 4) is 0 Å². The van der Waals surface area contributed by atoms with E-state index in [1.165, 1.54) is 44.9 Å². The number of carbonyl (C=O) groups is 1. The molecule has 1 aliphatic heterocycles. The minimum Gasteiger partial charge on any atom is -0.377 e. The van der Waals surface area contributed by atoms with Gasteiger partial charge in [-0.05, 0) is 44.2 Å². The number of ether oxygens (including phenoxy) is 1. The Hall–Kier alpha value is -0.410. The van der Waals surface area contributed by atoms with Gasteiger partial charge in [0.15, 0.2) is 5.78 Å². The van der Waals surface area contributed by atoms with Crippen LogP contribution in [0.2, 0.25) is 0 Å². The fraction of sp³-hybridized carbons (Fsp3) is 0.929. The highest BCUT2D eigenvalue weighted by Gasteiger charge is 2.35. The highest BCUT2D eigenvalue weighted by molar-refractivity contribution is 5.81. The lowest BCUT2D eigenvalue weighted by molar-refractivity contribution is -0.124. The molecule has 0 amide bonds. The molecule has 2 aliphatic rings. The first-order valence-corrected chi connectivity index (χ1v) is 6.97. The summed E-state index contributed by atoms with van der Waals surface area (Å²) in [6.45, 7) is 3.07. The summed E-state index contributed by atoms with van der Waals surface area (Å²) in [5.74, 6) is 0.215. The van der Waals surface area contributed by atoms with Gasteiger partial charge in [-0.3, -0.25) is 9.69 Å². The Morgan fingerprint density at radius 1 is 1.12 bits per heavy atom. The van der Waals surface area contributed by atoms with E-state index in [1.807, 2.05) is 0 Å². The van der Waals surface area contributed by atoms with E-state index >= 15 is 0 Å². The van der Waals surface area contributed by atoms with Gasteiger partial charge < -0.3 is 4.74 Å². The Balaban J connectivity index is 1.75. The van der Waals surface area contributed by atoms with E-state index in [1.54, 1.807) is 7.11 Å². The van der Waals surface area contributed by atoms with Crippen molar-refractivity contribution in [1.82, 2.24) is 4.90 Å². The molecular weight excluding hydrogens is 214 g/mol. The van der Waals surface area contributed by atoms with Gasteiger partial charge in [-0.2, -0.15) is 0 Å². The second kappa shape index (κ2) is 5.96. The summed E-state index contributed by atoms with van der Waals surface area (Å²) in [5.41, 5.74) is 0.638. The molecule has 3 heteroatoms. The highest BCUT2D eigenvalue weighted by Crippen LogP contribution is 2.44. The van der Waals surface area contributed by atoms with Gasteiger partial charge in [0.2, 0.25) is 0 Å². The summed E-state index contributed by atoms with van der Waals surface area (Å²) in [6, 6.07) is 0. The van der Waals surface area contributed by atoms with Crippen LogP contribution in [0, 0.1) is 5.41 Å². The lowest BCUT2D eigenvalue weighted by Gasteiger charge is -2.44. The lowest BCUT2D eigenvalue weighted by atomic mass is 9.68. The molecule has 0 N–H and O–H groups in total. The average molecular weight is 239 g/mol. The molecule has 1 aliphatic carbocycles. The SMILES string of the molecule is COCC(=O)CN1CCC2(CCCCC2)CC1. The van der Waals surface area contributed by atoms with Crippen LogP contribution in [0.3, 0.4) is 0 Å². The van der Waals surface area contributed by atoms with Crippen LogP contribution in [0.5, 0.6) is 0 Å². The fourth-order valence-corrected chi connectivity index (χ4v) is 3.44. The van der Waals surface area contributed by atoms with Crippen LogP contribution < -0.4 is 0 Å². The van der Waals surface area contributed by atoms with E-state index in [4.69, 9.17) is 4.74 Å². The van der Waals surface area contributed by atoms with E-state index < -0.39 is 0 Å². The number of hydrogen-bond acceptors (Lipinski definition) is 3. The number of rotatable bonds is 4. The van der Waals surface area contributed by atoms with Gasteiger partial charge in [0.1, 0.15) is 6.61 Å². The Morgan fingerprint density at radius 2 is 1.76 bits per heavy atom. The van der Waals surface area contributed by atoms with Crippen molar-refractivity contribution in [2.24, 2.45) is 5.41 Å². The van der Waals surface area contributed by atoms with Gasteiger partial charge in [-0.15, -0.1) is 0 Å². The molecule has 0 atom stereocenters. The molecule has 1 saturated carbocycles. The van der Waals surface area contributed by atoms with Crippen molar-refractivity contribution in [2.45, 2.75) is 44.9 Å².